The molecule has 1 aromatic rings. The van der Waals surface area contributed by atoms with Crippen molar-refractivity contribution < 1.29 is 5.11 Å². The van der Waals surface area contributed by atoms with Gasteiger partial charge in [0.2, 0.25) is 0 Å². The molecule has 1 heterocycles. The molecule has 0 amide bonds. The number of hydrogen-bond donors (Lipinski definition) is 2. The zero-order chi connectivity index (χ0) is 15.3. The minimum absolute atomic E-state index is 0.125. The van der Waals surface area contributed by atoms with Crippen molar-refractivity contribution in [3.05, 3.63) is 35.9 Å². The lowest BCUT2D eigenvalue weighted by Gasteiger charge is -2.42. The topological polar surface area (TPSA) is 35.5 Å². The summed E-state index contributed by atoms with van der Waals surface area (Å²) in [5.74, 6) is 0.755. The molecule has 1 saturated heterocycles. The van der Waals surface area contributed by atoms with Crippen molar-refractivity contribution in [3.8, 4) is 0 Å². The third-order valence-corrected chi connectivity index (χ3v) is 4.40. The van der Waals surface area contributed by atoms with E-state index < -0.39 is 0 Å². The van der Waals surface area contributed by atoms with Crippen LogP contribution in [0.15, 0.2) is 30.3 Å². The van der Waals surface area contributed by atoms with E-state index in [1.54, 1.807) is 0 Å². The highest BCUT2D eigenvalue weighted by molar-refractivity contribution is 5.25. The molecule has 0 spiro atoms. The zero-order valence-electron chi connectivity index (χ0n) is 13.7. The van der Waals surface area contributed by atoms with Crippen molar-refractivity contribution in [2.75, 3.05) is 26.2 Å². The van der Waals surface area contributed by atoms with Gasteiger partial charge in [-0.15, -0.1) is 0 Å². The summed E-state index contributed by atoms with van der Waals surface area (Å²) in [6, 6.07) is 10.7. The van der Waals surface area contributed by atoms with Gasteiger partial charge in [0.1, 0.15) is 0 Å². The fourth-order valence-electron chi connectivity index (χ4n) is 3.53. The molecule has 2 unspecified atom stereocenters. The minimum atomic E-state index is -0.369. The van der Waals surface area contributed by atoms with Gasteiger partial charge in [0.15, 0.2) is 0 Å². The molecule has 1 fully saturated rings. The summed E-state index contributed by atoms with van der Waals surface area (Å²) in [6.45, 7) is 9.88. The lowest BCUT2D eigenvalue weighted by atomic mass is 9.87. The first-order valence-electron chi connectivity index (χ1n) is 8.22. The first kappa shape index (κ1) is 16.5. The molecule has 0 saturated carbocycles. The molecule has 3 nitrogen and oxygen atoms in total. The lowest BCUT2D eigenvalue weighted by molar-refractivity contribution is 0.0776. The fourth-order valence-corrected chi connectivity index (χ4v) is 3.53. The second-order valence-corrected chi connectivity index (χ2v) is 6.89. The molecule has 1 aliphatic rings. The number of aliphatic hydroxyl groups is 1. The maximum absolute atomic E-state index is 10.2. The Balaban J connectivity index is 2.22. The Labute approximate surface area is 129 Å². The van der Waals surface area contributed by atoms with Crippen LogP contribution in [0.1, 0.15) is 39.2 Å². The van der Waals surface area contributed by atoms with Crippen LogP contribution in [-0.2, 0) is 5.54 Å². The summed E-state index contributed by atoms with van der Waals surface area (Å²) in [7, 11) is 0. The number of likely N-dealkylation sites (tertiary alicyclic amines) is 1. The van der Waals surface area contributed by atoms with Crippen molar-refractivity contribution >= 4 is 0 Å². The average molecular weight is 290 g/mol. The second-order valence-electron chi connectivity index (χ2n) is 6.89. The van der Waals surface area contributed by atoms with Crippen molar-refractivity contribution in [2.24, 2.45) is 5.92 Å². The van der Waals surface area contributed by atoms with Crippen LogP contribution in [-0.4, -0.2) is 42.3 Å². The predicted octanol–water partition coefficient (Wildman–Crippen LogP) is 2.60. The Morgan fingerprint density at radius 3 is 2.62 bits per heavy atom. The highest BCUT2D eigenvalue weighted by atomic mass is 16.3. The highest BCUT2D eigenvalue weighted by Gasteiger charge is 2.35. The Hall–Kier alpha value is -0.900. The molecule has 118 valence electrons. The monoisotopic (exact) mass is 290 g/mol. The number of nitrogens with one attached hydrogen (secondary N) is 1. The van der Waals surface area contributed by atoms with Crippen LogP contribution in [0.2, 0.25) is 0 Å². The lowest BCUT2D eigenvalue weighted by Crippen LogP contribution is -2.57. The van der Waals surface area contributed by atoms with Crippen molar-refractivity contribution in [1.29, 1.82) is 0 Å². The van der Waals surface area contributed by atoms with Gasteiger partial charge in [0.25, 0.3) is 0 Å². The smallest absolute Gasteiger partial charge is 0.0799 e. The van der Waals surface area contributed by atoms with Gasteiger partial charge in [0.05, 0.1) is 12.1 Å². The zero-order valence-corrected chi connectivity index (χ0v) is 13.7. The molecule has 2 rings (SSSR count). The maximum atomic E-state index is 10.2. The second kappa shape index (κ2) is 7.39. The van der Waals surface area contributed by atoms with Crippen LogP contribution in [0.3, 0.4) is 0 Å². The Bertz CT molecular complexity index is 420. The maximum Gasteiger partial charge on any atom is 0.0799 e. The van der Waals surface area contributed by atoms with Crippen molar-refractivity contribution in [3.63, 3.8) is 0 Å². The largest absolute Gasteiger partial charge is 0.394 e. The van der Waals surface area contributed by atoms with Crippen LogP contribution >= 0.6 is 0 Å². The summed E-state index contributed by atoms with van der Waals surface area (Å²) in [5, 5.41) is 13.8. The van der Waals surface area contributed by atoms with E-state index in [0.29, 0.717) is 6.04 Å². The van der Waals surface area contributed by atoms with E-state index in [-0.39, 0.29) is 12.1 Å². The highest BCUT2D eigenvalue weighted by Crippen LogP contribution is 2.26. The molecule has 2 N–H and O–H groups in total. The van der Waals surface area contributed by atoms with E-state index in [2.05, 4.69) is 55.3 Å². The van der Waals surface area contributed by atoms with E-state index in [9.17, 15) is 5.11 Å². The van der Waals surface area contributed by atoms with Crippen LogP contribution < -0.4 is 5.32 Å². The summed E-state index contributed by atoms with van der Waals surface area (Å²) in [4.78, 5) is 2.51. The SMILES string of the molecule is CC1CCCN(CC(CO)(NC(C)C)c2ccccc2)C1. The molecular weight excluding hydrogens is 260 g/mol. The molecule has 0 aromatic heterocycles. The first-order valence-corrected chi connectivity index (χ1v) is 8.22. The minimum Gasteiger partial charge on any atom is -0.394 e. The predicted molar refractivity (Wildman–Crippen MR) is 88.3 cm³/mol. The molecule has 2 atom stereocenters. The first-order chi connectivity index (χ1) is 10.1. The van der Waals surface area contributed by atoms with Gasteiger partial charge < -0.3 is 15.3 Å². The van der Waals surface area contributed by atoms with Gasteiger partial charge in [-0.3, -0.25) is 0 Å². The molecule has 0 radical (unpaired) electrons. The quantitative estimate of drug-likeness (QED) is 0.845. The van der Waals surface area contributed by atoms with E-state index in [0.717, 1.165) is 25.6 Å². The fraction of sp³-hybridized carbons (Fsp3) is 0.667. The van der Waals surface area contributed by atoms with Crippen LogP contribution in [0.5, 0.6) is 0 Å². The van der Waals surface area contributed by atoms with Gasteiger partial charge in [-0.25, -0.2) is 0 Å². The normalized spacial score (nSPS) is 23.2. The standard InChI is InChI=1S/C18H30N2O/c1-15(2)19-18(14-21,17-9-5-4-6-10-17)13-20-11-7-8-16(3)12-20/h4-6,9-10,15-16,19,21H,7-8,11-14H2,1-3H3. The Morgan fingerprint density at radius 2 is 2.05 bits per heavy atom. The Kier molecular flexibility index (Phi) is 5.80. The van der Waals surface area contributed by atoms with Crippen LogP contribution in [0, 0.1) is 5.92 Å². The average Bonchev–Trinajstić information content (AvgIpc) is 2.47. The molecule has 3 heteroatoms. The van der Waals surface area contributed by atoms with Gasteiger partial charge >= 0.3 is 0 Å². The molecule has 0 bridgehead atoms. The molecule has 21 heavy (non-hydrogen) atoms. The number of benzene rings is 1. The summed E-state index contributed by atoms with van der Waals surface area (Å²) < 4.78 is 0. The summed E-state index contributed by atoms with van der Waals surface area (Å²) in [5.41, 5.74) is 0.811. The number of aliphatic hydroxyl groups excluding tert-OH is 1. The Morgan fingerprint density at radius 1 is 1.33 bits per heavy atom. The van der Waals surface area contributed by atoms with E-state index in [1.165, 1.54) is 18.4 Å². The molecule has 1 aliphatic heterocycles. The van der Waals surface area contributed by atoms with Gasteiger partial charge in [-0.05, 0) is 44.7 Å². The number of nitrogens with zero attached hydrogens (tertiary/aromatic N) is 1. The van der Waals surface area contributed by atoms with E-state index >= 15 is 0 Å². The van der Waals surface area contributed by atoms with Gasteiger partial charge in [0, 0.05) is 19.1 Å². The van der Waals surface area contributed by atoms with E-state index in [1.807, 2.05) is 6.07 Å². The molecule has 0 aliphatic carbocycles. The number of rotatable bonds is 6. The van der Waals surface area contributed by atoms with Crippen LogP contribution in [0.25, 0.3) is 0 Å². The third-order valence-electron chi connectivity index (χ3n) is 4.40. The van der Waals surface area contributed by atoms with Crippen molar-refractivity contribution in [1.82, 2.24) is 10.2 Å². The van der Waals surface area contributed by atoms with E-state index in [4.69, 9.17) is 0 Å². The summed E-state index contributed by atoms with van der Waals surface area (Å²) in [6.07, 6.45) is 2.59. The number of piperidine rings is 1. The summed E-state index contributed by atoms with van der Waals surface area (Å²) >= 11 is 0. The molecular formula is C18H30N2O. The third kappa shape index (κ3) is 4.29. The molecule has 1 aromatic carbocycles. The van der Waals surface area contributed by atoms with Gasteiger partial charge in [-0.1, -0.05) is 37.3 Å². The van der Waals surface area contributed by atoms with Gasteiger partial charge in [-0.2, -0.15) is 0 Å². The van der Waals surface area contributed by atoms with Crippen molar-refractivity contribution in [2.45, 2.75) is 45.2 Å². The number of hydrogen-bond acceptors (Lipinski definition) is 3. The van der Waals surface area contributed by atoms with Crippen LogP contribution in [0.4, 0.5) is 0 Å².